The van der Waals surface area contributed by atoms with Crippen LogP contribution in [-0.2, 0) is 29.1 Å². The topological polar surface area (TPSA) is 44.9 Å². The van der Waals surface area contributed by atoms with E-state index in [-0.39, 0.29) is 5.97 Å². The van der Waals surface area contributed by atoms with Crippen LogP contribution in [0.1, 0.15) is 32.7 Å². The van der Waals surface area contributed by atoms with Gasteiger partial charge in [0.15, 0.2) is 0 Å². The van der Waals surface area contributed by atoms with Crippen molar-refractivity contribution in [1.29, 1.82) is 0 Å². The number of quaternary nitrogens is 1. The molecule has 0 amide bonds. The van der Waals surface area contributed by atoms with Crippen molar-refractivity contribution < 1.29 is 19.2 Å². The molecule has 1 heterocycles. The second-order valence-electron chi connectivity index (χ2n) is 7.65. The number of rotatable bonds is 10. The monoisotopic (exact) mass is 407 g/mol. The van der Waals surface area contributed by atoms with E-state index in [1.807, 2.05) is 12.1 Å². The molecule has 0 saturated carbocycles. The summed E-state index contributed by atoms with van der Waals surface area (Å²) >= 11 is 0. The Balaban J connectivity index is 1.74. The maximum Gasteiger partial charge on any atom is 0.337 e. The van der Waals surface area contributed by atoms with Crippen LogP contribution in [-0.4, -0.2) is 37.9 Å². The number of esters is 1. The number of hydrogen-bond donors (Lipinski definition) is 1. The molecular formula is C25H31N2O3+. The largest absolute Gasteiger partial charge is 0.465 e. The Labute approximate surface area is 178 Å². The average Bonchev–Trinajstić information content (AvgIpc) is 3.18. The number of carbonyl (C=O) groups is 1. The molecule has 1 N–H and O–H groups in total. The summed E-state index contributed by atoms with van der Waals surface area (Å²) in [6.07, 6.45) is 2.14. The smallest absolute Gasteiger partial charge is 0.337 e. The van der Waals surface area contributed by atoms with Gasteiger partial charge >= 0.3 is 5.97 Å². The molecule has 0 bridgehead atoms. The van der Waals surface area contributed by atoms with E-state index in [0.29, 0.717) is 12.2 Å². The highest BCUT2D eigenvalue weighted by atomic mass is 16.5. The standard InChI is InChI=1S/C25H30N2O3/c1-20-7-4-8-21(15-20)18-27-12-6-11-24(27)19-26(13-14-29-2)17-22-9-5-10-23(16-22)25(28)30-3/h4-12,15-16H,13-14,17-19H2,1-3H3/p+1. The molecule has 3 aromatic rings. The quantitative estimate of drug-likeness (QED) is 0.526. The summed E-state index contributed by atoms with van der Waals surface area (Å²) in [7, 11) is 3.14. The first-order valence-corrected chi connectivity index (χ1v) is 10.3. The molecule has 3 rings (SSSR count). The lowest BCUT2D eigenvalue weighted by Crippen LogP contribution is -3.10. The normalized spacial score (nSPS) is 12.0. The van der Waals surface area contributed by atoms with E-state index in [4.69, 9.17) is 9.47 Å². The number of hydrogen-bond acceptors (Lipinski definition) is 3. The minimum absolute atomic E-state index is 0.303. The van der Waals surface area contributed by atoms with E-state index in [9.17, 15) is 4.79 Å². The van der Waals surface area contributed by atoms with E-state index in [0.717, 1.165) is 31.7 Å². The second kappa shape index (κ2) is 10.8. The van der Waals surface area contributed by atoms with Gasteiger partial charge in [0, 0.05) is 25.4 Å². The molecule has 5 nitrogen and oxygen atoms in total. The first kappa shape index (κ1) is 21.8. The van der Waals surface area contributed by atoms with Gasteiger partial charge in [-0.2, -0.15) is 0 Å². The van der Waals surface area contributed by atoms with Crippen LogP contribution in [0.4, 0.5) is 0 Å². The van der Waals surface area contributed by atoms with Crippen molar-refractivity contribution in [3.05, 3.63) is 94.8 Å². The van der Waals surface area contributed by atoms with Gasteiger partial charge in [0.25, 0.3) is 0 Å². The number of aromatic nitrogens is 1. The number of nitrogens with zero attached hydrogens (tertiary/aromatic N) is 1. The van der Waals surface area contributed by atoms with Crippen LogP contribution in [0.3, 0.4) is 0 Å². The van der Waals surface area contributed by atoms with Gasteiger partial charge in [0.1, 0.15) is 19.6 Å². The zero-order valence-electron chi connectivity index (χ0n) is 18.1. The summed E-state index contributed by atoms with van der Waals surface area (Å²) in [5, 5.41) is 0. The molecule has 0 aliphatic rings. The fourth-order valence-electron chi connectivity index (χ4n) is 3.73. The molecule has 0 aliphatic heterocycles. The van der Waals surface area contributed by atoms with Gasteiger partial charge in [-0.05, 0) is 36.8 Å². The second-order valence-corrected chi connectivity index (χ2v) is 7.65. The van der Waals surface area contributed by atoms with Crippen molar-refractivity contribution in [1.82, 2.24) is 4.57 Å². The fourth-order valence-corrected chi connectivity index (χ4v) is 3.73. The van der Waals surface area contributed by atoms with Gasteiger partial charge < -0.3 is 18.9 Å². The van der Waals surface area contributed by atoms with Gasteiger partial charge in [0.05, 0.1) is 25.0 Å². The van der Waals surface area contributed by atoms with E-state index >= 15 is 0 Å². The van der Waals surface area contributed by atoms with Crippen LogP contribution in [0.15, 0.2) is 66.9 Å². The number of ether oxygens (including phenoxy) is 2. The molecule has 0 aliphatic carbocycles. The molecule has 158 valence electrons. The molecule has 0 spiro atoms. The number of aryl methyl sites for hydroxylation is 1. The van der Waals surface area contributed by atoms with E-state index in [2.05, 4.69) is 60.2 Å². The SMILES string of the molecule is COCC[NH+](Cc1cccc(C(=O)OC)c1)Cc1cccn1Cc1cccc(C)c1. The van der Waals surface area contributed by atoms with Crippen molar-refractivity contribution in [2.45, 2.75) is 26.6 Å². The Kier molecular flexibility index (Phi) is 7.82. The molecule has 2 aromatic carbocycles. The van der Waals surface area contributed by atoms with Crippen LogP contribution in [0.25, 0.3) is 0 Å². The molecule has 0 fully saturated rings. The number of carbonyl (C=O) groups excluding carboxylic acids is 1. The highest BCUT2D eigenvalue weighted by molar-refractivity contribution is 5.89. The van der Waals surface area contributed by atoms with Crippen molar-refractivity contribution in [2.24, 2.45) is 0 Å². The lowest BCUT2D eigenvalue weighted by molar-refractivity contribution is -0.928. The van der Waals surface area contributed by atoms with Crippen LogP contribution in [0, 0.1) is 6.92 Å². The molecule has 0 radical (unpaired) electrons. The summed E-state index contributed by atoms with van der Waals surface area (Å²) in [4.78, 5) is 13.2. The van der Waals surface area contributed by atoms with Crippen molar-refractivity contribution in [3.63, 3.8) is 0 Å². The van der Waals surface area contributed by atoms with Crippen LogP contribution in [0.5, 0.6) is 0 Å². The van der Waals surface area contributed by atoms with Gasteiger partial charge in [-0.1, -0.05) is 42.0 Å². The lowest BCUT2D eigenvalue weighted by atomic mass is 10.1. The Morgan fingerprint density at radius 1 is 0.967 bits per heavy atom. The maximum absolute atomic E-state index is 11.9. The zero-order chi connectivity index (χ0) is 21.3. The van der Waals surface area contributed by atoms with Gasteiger partial charge in [-0.3, -0.25) is 0 Å². The van der Waals surface area contributed by atoms with Crippen molar-refractivity contribution >= 4 is 5.97 Å². The molecule has 1 unspecified atom stereocenters. The van der Waals surface area contributed by atoms with Crippen LogP contribution in [0.2, 0.25) is 0 Å². The summed E-state index contributed by atoms with van der Waals surface area (Å²) in [6, 6.07) is 20.6. The summed E-state index contributed by atoms with van der Waals surface area (Å²) in [5.74, 6) is -0.303. The summed E-state index contributed by atoms with van der Waals surface area (Å²) < 4.78 is 12.5. The van der Waals surface area contributed by atoms with Gasteiger partial charge in [0.2, 0.25) is 0 Å². The molecule has 1 atom stereocenters. The van der Waals surface area contributed by atoms with E-state index < -0.39 is 0 Å². The third-order valence-electron chi connectivity index (χ3n) is 5.25. The van der Waals surface area contributed by atoms with Gasteiger partial charge in [-0.15, -0.1) is 0 Å². The predicted octanol–water partition coefficient (Wildman–Crippen LogP) is 2.86. The minimum Gasteiger partial charge on any atom is -0.465 e. The van der Waals surface area contributed by atoms with Gasteiger partial charge in [-0.25, -0.2) is 4.79 Å². The molecule has 5 heteroatoms. The number of benzene rings is 2. The number of nitrogens with one attached hydrogen (secondary N) is 1. The minimum atomic E-state index is -0.303. The maximum atomic E-state index is 11.9. The Morgan fingerprint density at radius 2 is 1.77 bits per heavy atom. The molecule has 1 aromatic heterocycles. The molecular weight excluding hydrogens is 376 g/mol. The Bertz CT molecular complexity index is 964. The average molecular weight is 408 g/mol. The molecule has 0 saturated heterocycles. The Hall–Kier alpha value is -2.89. The summed E-state index contributed by atoms with van der Waals surface area (Å²) in [5.41, 5.74) is 5.56. The van der Waals surface area contributed by atoms with Crippen LogP contribution >= 0.6 is 0 Å². The first-order chi connectivity index (χ1) is 14.6. The summed E-state index contributed by atoms with van der Waals surface area (Å²) in [6.45, 7) is 6.24. The third-order valence-corrected chi connectivity index (χ3v) is 5.25. The lowest BCUT2D eigenvalue weighted by Gasteiger charge is -2.21. The highest BCUT2D eigenvalue weighted by Gasteiger charge is 2.15. The zero-order valence-corrected chi connectivity index (χ0v) is 18.1. The third kappa shape index (κ3) is 6.05. The Morgan fingerprint density at radius 3 is 2.53 bits per heavy atom. The molecule has 30 heavy (non-hydrogen) atoms. The fraction of sp³-hybridized carbons (Fsp3) is 0.320. The van der Waals surface area contributed by atoms with Crippen molar-refractivity contribution in [2.75, 3.05) is 27.4 Å². The first-order valence-electron chi connectivity index (χ1n) is 10.3. The van der Waals surface area contributed by atoms with Crippen LogP contribution < -0.4 is 4.90 Å². The highest BCUT2D eigenvalue weighted by Crippen LogP contribution is 2.10. The predicted molar refractivity (Wildman–Crippen MR) is 118 cm³/mol. The number of methoxy groups -OCH3 is 2. The van der Waals surface area contributed by atoms with Crippen molar-refractivity contribution in [3.8, 4) is 0 Å². The van der Waals surface area contributed by atoms with E-state index in [1.54, 1.807) is 13.2 Å². The van der Waals surface area contributed by atoms with E-state index in [1.165, 1.54) is 28.8 Å².